The van der Waals surface area contributed by atoms with E-state index in [1.165, 1.54) is 4.57 Å². The number of aromatic amines is 1. The van der Waals surface area contributed by atoms with Crippen LogP contribution in [-0.2, 0) is 29.2 Å². The fourth-order valence-electron chi connectivity index (χ4n) is 3.46. The number of imidazole rings is 1. The summed E-state index contributed by atoms with van der Waals surface area (Å²) in [5.41, 5.74) is 0.774. The number of esters is 1. The van der Waals surface area contributed by atoms with Crippen LogP contribution < -0.4 is 16.6 Å². The van der Waals surface area contributed by atoms with Crippen LogP contribution in [0.15, 0.2) is 33.9 Å². The summed E-state index contributed by atoms with van der Waals surface area (Å²) in [7, 11) is 0. The zero-order valence-electron chi connectivity index (χ0n) is 18.4. The number of ether oxygens (including phenoxy) is 1. The molecule has 32 heavy (non-hydrogen) atoms. The first-order valence-electron chi connectivity index (χ1n) is 10.6. The van der Waals surface area contributed by atoms with Crippen molar-refractivity contribution in [2.24, 2.45) is 0 Å². The van der Waals surface area contributed by atoms with Crippen molar-refractivity contribution in [1.29, 1.82) is 0 Å². The predicted octanol–water partition coefficient (Wildman–Crippen LogP) is 1.49. The molecule has 1 aromatic carbocycles. The summed E-state index contributed by atoms with van der Waals surface area (Å²) >= 11 is 0. The number of nitrogens with one attached hydrogen (secondary N) is 2. The highest BCUT2D eigenvalue weighted by Crippen LogP contribution is 2.13. The molecule has 0 spiro atoms. The number of fused-ring (bicyclic) bond motifs is 1. The van der Waals surface area contributed by atoms with Gasteiger partial charge in [-0.3, -0.25) is 23.9 Å². The quantitative estimate of drug-likeness (QED) is 0.484. The molecule has 10 heteroatoms. The molecule has 0 fully saturated rings. The Hall–Kier alpha value is -3.69. The maximum atomic E-state index is 12.4. The van der Waals surface area contributed by atoms with Gasteiger partial charge in [0, 0.05) is 18.7 Å². The van der Waals surface area contributed by atoms with E-state index in [-0.39, 0.29) is 30.2 Å². The van der Waals surface area contributed by atoms with Gasteiger partial charge in [-0.15, -0.1) is 0 Å². The molecule has 3 rings (SSSR count). The van der Waals surface area contributed by atoms with E-state index in [0.717, 1.165) is 18.4 Å². The molecule has 0 saturated carbocycles. The SMILES string of the molecule is CCCCn1c(=O)[nH]c(=O)c2c1nc(COC(=O)CNC(=O)c1ccccc1C)n2CC. The zero-order chi connectivity index (χ0) is 23.3. The van der Waals surface area contributed by atoms with Gasteiger partial charge in [0.05, 0.1) is 0 Å². The highest BCUT2D eigenvalue weighted by Gasteiger charge is 2.19. The highest BCUT2D eigenvalue weighted by molar-refractivity contribution is 5.97. The first-order chi connectivity index (χ1) is 15.4. The van der Waals surface area contributed by atoms with Crippen LogP contribution in [0.3, 0.4) is 0 Å². The fourth-order valence-corrected chi connectivity index (χ4v) is 3.46. The number of hydrogen-bond acceptors (Lipinski definition) is 6. The van der Waals surface area contributed by atoms with E-state index in [2.05, 4.69) is 15.3 Å². The lowest BCUT2D eigenvalue weighted by atomic mass is 10.1. The van der Waals surface area contributed by atoms with Gasteiger partial charge in [-0.2, -0.15) is 0 Å². The van der Waals surface area contributed by atoms with Crippen molar-refractivity contribution in [2.75, 3.05) is 6.54 Å². The minimum absolute atomic E-state index is 0.191. The molecule has 0 aliphatic heterocycles. The van der Waals surface area contributed by atoms with Crippen LogP contribution in [0.2, 0.25) is 0 Å². The van der Waals surface area contributed by atoms with E-state index < -0.39 is 17.2 Å². The lowest BCUT2D eigenvalue weighted by molar-refractivity contribution is -0.144. The van der Waals surface area contributed by atoms with Gasteiger partial charge in [0.2, 0.25) is 0 Å². The number of carbonyl (C=O) groups is 2. The smallest absolute Gasteiger partial charge is 0.330 e. The molecule has 3 aromatic rings. The van der Waals surface area contributed by atoms with E-state index in [4.69, 9.17) is 4.74 Å². The van der Waals surface area contributed by atoms with E-state index in [9.17, 15) is 19.2 Å². The Bertz CT molecular complexity index is 1250. The third-order valence-corrected chi connectivity index (χ3v) is 5.16. The summed E-state index contributed by atoms with van der Waals surface area (Å²) in [5.74, 6) is -0.659. The average Bonchev–Trinajstić information content (AvgIpc) is 3.15. The lowest BCUT2D eigenvalue weighted by Crippen LogP contribution is -2.31. The van der Waals surface area contributed by atoms with Crippen molar-refractivity contribution < 1.29 is 14.3 Å². The molecular weight excluding hydrogens is 414 g/mol. The predicted molar refractivity (Wildman–Crippen MR) is 119 cm³/mol. The summed E-state index contributed by atoms with van der Waals surface area (Å²) in [4.78, 5) is 55.9. The molecule has 0 aliphatic rings. The maximum absolute atomic E-state index is 12.4. The number of hydrogen-bond donors (Lipinski definition) is 2. The van der Waals surface area contributed by atoms with Crippen molar-refractivity contribution in [3.8, 4) is 0 Å². The van der Waals surface area contributed by atoms with Gasteiger partial charge in [0.25, 0.3) is 11.5 Å². The molecule has 0 radical (unpaired) electrons. The maximum Gasteiger partial charge on any atom is 0.330 e. The molecule has 0 bridgehead atoms. The van der Waals surface area contributed by atoms with Gasteiger partial charge >= 0.3 is 11.7 Å². The number of aryl methyl sites for hydroxylation is 3. The number of benzene rings is 1. The third-order valence-electron chi connectivity index (χ3n) is 5.16. The van der Waals surface area contributed by atoms with E-state index in [1.807, 2.05) is 32.9 Å². The largest absolute Gasteiger partial charge is 0.456 e. The summed E-state index contributed by atoms with van der Waals surface area (Å²) in [6.45, 7) is 5.97. The van der Waals surface area contributed by atoms with Crippen LogP contribution in [0.5, 0.6) is 0 Å². The summed E-state index contributed by atoms with van der Waals surface area (Å²) in [5, 5.41) is 2.54. The minimum Gasteiger partial charge on any atom is -0.456 e. The van der Waals surface area contributed by atoms with Crippen LogP contribution >= 0.6 is 0 Å². The molecular formula is C22H27N5O5. The van der Waals surface area contributed by atoms with Crippen LogP contribution in [0, 0.1) is 6.92 Å². The Balaban J connectivity index is 1.74. The van der Waals surface area contributed by atoms with Crippen molar-refractivity contribution in [1.82, 2.24) is 24.4 Å². The number of amides is 1. The van der Waals surface area contributed by atoms with Gasteiger partial charge in [-0.25, -0.2) is 9.78 Å². The lowest BCUT2D eigenvalue weighted by Gasteiger charge is -2.09. The molecule has 0 atom stereocenters. The number of nitrogens with zero attached hydrogens (tertiary/aromatic N) is 3. The average molecular weight is 441 g/mol. The monoisotopic (exact) mass is 441 g/mol. The van der Waals surface area contributed by atoms with Gasteiger partial charge in [-0.1, -0.05) is 31.5 Å². The van der Waals surface area contributed by atoms with Crippen LogP contribution in [0.25, 0.3) is 11.2 Å². The Morgan fingerprint density at radius 3 is 2.59 bits per heavy atom. The molecule has 2 aromatic heterocycles. The van der Waals surface area contributed by atoms with Gasteiger partial charge < -0.3 is 14.6 Å². The number of unbranched alkanes of at least 4 members (excludes halogenated alkanes) is 1. The minimum atomic E-state index is -0.640. The Morgan fingerprint density at radius 1 is 1.16 bits per heavy atom. The molecule has 2 N–H and O–H groups in total. The number of carbonyl (C=O) groups excluding carboxylic acids is 2. The first kappa shape index (κ1) is 23.0. The van der Waals surface area contributed by atoms with Gasteiger partial charge in [0.15, 0.2) is 11.2 Å². The number of aromatic nitrogens is 4. The van der Waals surface area contributed by atoms with Crippen LogP contribution in [-0.4, -0.2) is 37.5 Å². The summed E-state index contributed by atoms with van der Waals surface area (Å²) in [6, 6.07) is 7.06. The second kappa shape index (κ2) is 10.1. The number of rotatable bonds is 9. The molecule has 170 valence electrons. The van der Waals surface area contributed by atoms with E-state index in [0.29, 0.717) is 24.5 Å². The normalized spacial score (nSPS) is 11.0. The van der Waals surface area contributed by atoms with E-state index in [1.54, 1.807) is 16.7 Å². The third kappa shape index (κ3) is 4.79. The first-order valence-corrected chi connectivity index (χ1v) is 10.6. The molecule has 2 heterocycles. The Morgan fingerprint density at radius 2 is 1.91 bits per heavy atom. The Kier molecular flexibility index (Phi) is 7.24. The van der Waals surface area contributed by atoms with Crippen LogP contribution in [0.4, 0.5) is 0 Å². The molecule has 10 nitrogen and oxygen atoms in total. The zero-order valence-corrected chi connectivity index (χ0v) is 18.4. The molecule has 0 aliphatic carbocycles. The highest BCUT2D eigenvalue weighted by atomic mass is 16.5. The van der Waals surface area contributed by atoms with Gasteiger partial charge in [0.1, 0.15) is 19.0 Å². The van der Waals surface area contributed by atoms with Crippen molar-refractivity contribution in [3.63, 3.8) is 0 Å². The second-order valence-corrected chi connectivity index (χ2v) is 7.37. The molecule has 1 amide bonds. The molecule has 0 saturated heterocycles. The number of H-pyrrole nitrogens is 1. The summed E-state index contributed by atoms with van der Waals surface area (Å²) in [6.07, 6.45) is 1.63. The topological polar surface area (TPSA) is 128 Å². The van der Waals surface area contributed by atoms with Crippen molar-refractivity contribution in [3.05, 3.63) is 62.1 Å². The van der Waals surface area contributed by atoms with Crippen molar-refractivity contribution >= 4 is 23.0 Å². The van der Waals surface area contributed by atoms with Crippen molar-refractivity contribution in [2.45, 2.75) is 53.3 Å². The standard InChI is InChI=1S/C22H27N5O5/c1-4-6-11-27-19-18(21(30)25-22(27)31)26(5-2)16(24-19)13-32-17(28)12-23-20(29)15-10-8-7-9-14(15)3/h7-10H,4-6,11-13H2,1-3H3,(H,23,29)(H,25,30,31). The fraction of sp³-hybridized carbons (Fsp3) is 0.409. The molecule has 0 unspecified atom stereocenters. The van der Waals surface area contributed by atoms with Crippen LogP contribution in [0.1, 0.15) is 48.4 Å². The van der Waals surface area contributed by atoms with Gasteiger partial charge in [-0.05, 0) is 31.9 Å². The second-order valence-electron chi connectivity index (χ2n) is 7.37. The van der Waals surface area contributed by atoms with E-state index >= 15 is 0 Å². The summed E-state index contributed by atoms with van der Waals surface area (Å²) < 4.78 is 8.32. The Labute approximate surface area is 184 Å².